The van der Waals surface area contributed by atoms with Gasteiger partial charge in [0.25, 0.3) is 0 Å². The van der Waals surface area contributed by atoms with E-state index in [1.807, 2.05) is 0 Å². The van der Waals surface area contributed by atoms with Gasteiger partial charge in [0, 0.05) is 11.8 Å². The molecule has 0 aliphatic carbocycles. The van der Waals surface area contributed by atoms with Crippen molar-refractivity contribution in [2.24, 2.45) is 5.14 Å². The Morgan fingerprint density at radius 1 is 1.75 bits per heavy atom. The molecule has 1 rings (SSSR count). The first-order valence-corrected chi connectivity index (χ1v) is 3.81. The molecule has 0 amide bonds. The molecule has 0 radical (unpaired) electrons. The van der Waals surface area contributed by atoms with E-state index >= 15 is 0 Å². The summed E-state index contributed by atoms with van der Waals surface area (Å²) in [5.41, 5.74) is 0. The average molecular weight is 132 g/mol. The summed E-state index contributed by atoms with van der Waals surface area (Å²) < 4.78 is 0. The Labute approximate surface area is 54.6 Å². The molecule has 1 atom stereocenters. The van der Waals surface area contributed by atoms with E-state index < -0.39 is 0 Å². The zero-order chi connectivity index (χ0) is 5.98. The van der Waals surface area contributed by atoms with Gasteiger partial charge < -0.3 is 4.90 Å². The molecule has 1 aliphatic rings. The Morgan fingerprint density at radius 2 is 2.50 bits per heavy atom. The first kappa shape index (κ1) is 6.39. The maximum Gasteiger partial charge on any atom is 0.0330 e. The molecule has 3 heteroatoms. The van der Waals surface area contributed by atoms with Gasteiger partial charge in [0.1, 0.15) is 0 Å². The van der Waals surface area contributed by atoms with Crippen LogP contribution in [0, 0.1) is 0 Å². The van der Waals surface area contributed by atoms with Crippen LogP contribution in [-0.4, -0.2) is 30.3 Å². The van der Waals surface area contributed by atoms with Crippen LogP contribution in [0.5, 0.6) is 0 Å². The smallest absolute Gasteiger partial charge is 0.0330 e. The van der Waals surface area contributed by atoms with E-state index in [0.29, 0.717) is 5.25 Å². The van der Waals surface area contributed by atoms with Gasteiger partial charge in [-0.3, -0.25) is 5.14 Å². The van der Waals surface area contributed by atoms with Gasteiger partial charge in [0.2, 0.25) is 0 Å². The minimum atomic E-state index is 0.694. The molecule has 2 nitrogen and oxygen atoms in total. The van der Waals surface area contributed by atoms with E-state index in [4.69, 9.17) is 5.14 Å². The fraction of sp³-hybridized carbons (Fsp3) is 1.00. The molecular formula is C5H12N2S. The van der Waals surface area contributed by atoms with Crippen LogP contribution in [0.3, 0.4) is 0 Å². The number of rotatable bonds is 1. The summed E-state index contributed by atoms with van der Waals surface area (Å²) >= 11 is 1.49. The number of hydrogen-bond donors (Lipinski definition) is 1. The van der Waals surface area contributed by atoms with Gasteiger partial charge >= 0.3 is 0 Å². The van der Waals surface area contributed by atoms with Gasteiger partial charge in [-0.15, -0.1) is 0 Å². The quantitative estimate of drug-likeness (QED) is 0.520. The molecule has 0 aromatic rings. The summed E-state index contributed by atoms with van der Waals surface area (Å²) in [6.07, 6.45) is 1.26. The minimum absolute atomic E-state index is 0.694. The maximum absolute atomic E-state index is 5.39. The monoisotopic (exact) mass is 132 g/mol. The highest BCUT2D eigenvalue weighted by Gasteiger charge is 2.17. The largest absolute Gasteiger partial charge is 0.305 e. The van der Waals surface area contributed by atoms with Crippen LogP contribution >= 0.6 is 11.9 Å². The first-order chi connectivity index (χ1) is 3.83. The lowest BCUT2D eigenvalue weighted by molar-refractivity contribution is 0.419. The number of hydrogen-bond acceptors (Lipinski definition) is 3. The Balaban J connectivity index is 2.22. The second-order valence-electron chi connectivity index (χ2n) is 2.31. The average Bonchev–Trinajstić information content (AvgIpc) is 2.14. The molecule has 0 aromatic heterocycles. The van der Waals surface area contributed by atoms with E-state index in [0.717, 1.165) is 0 Å². The molecule has 1 heterocycles. The summed E-state index contributed by atoms with van der Waals surface area (Å²) in [6.45, 7) is 2.38. The standard InChI is InChI=1S/C5H12N2S/c1-7-3-2-5(4-7)8-6/h5H,2-4,6H2,1H3. The van der Waals surface area contributed by atoms with Crippen LogP contribution in [0.2, 0.25) is 0 Å². The summed E-state index contributed by atoms with van der Waals surface area (Å²) in [4.78, 5) is 2.31. The number of nitrogens with two attached hydrogens (primary N) is 1. The second-order valence-corrected chi connectivity index (χ2v) is 3.25. The summed E-state index contributed by atoms with van der Waals surface area (Å²) in [7, 11) is 2.14. The fourth-order valence-electron chi connectivity index (χ4n) is 1.01. The van der Waals surface area contributed by atoms with E-state index in [2.05, 4.69) is 11.9 Å². The molecule has 1 fully saturated rings. The van der Waals surface area contributed by atoms with Crippen LogP contribution < -0.4 is 5.14 Å². The molecule has 0 aromatic carbocycles. The van der Waals surface area contributed by atoms with Crippen molar-refractivity contribution < 1.29 is 0 Å². The van der Waals surface area contributed by atoms with Gasteiger partial charge in [0.05, 0.1) is 0 Å². The molecule has 0 bridgehead atoms. The Morgan fingerprint density at radius 3 is 2.75 bits per heavy atom. The number of nitrogens with zero attached hydrogens (tertiary/aromatic N) is 1. The van der Waals surface area contributed by atoms with Crippen molar-refractivity contribution in [3.05, 3.63) is 0 Å². The van der Waals surface area contributed by atoms with Gasteiger partial charge in [-0.25, -0.2) is 0 Å². The van der Waals surface area contributed by atoms with Crippen LogP contribution in [0.15, 0.2) is 0 Å². The van der Waals surface area contributed by atoms with Crippen LogP contribution in [-0.2, 0) is 0 Å². The zero-order valence-corrected chi connectivity index (χ0v) is 5.95. The van der Waals surface area contributed by atoms with Crippen molar-refractivity contribution in [2.45, 2.75) is 11.7 Å². The molecule has 48 valence electrons. The normalized spacial score (nSPS) is 31.5. The third-order valence-corrected chi connectivity index (χ3v) is 2.31. The van der Waals surface area contributed by atoms with Crippen molar-refractivity contribution in [3.63, 3.8) is 0 Å². The van der Waals surface area contributed by atoms with Gasteiger partial charge in [0.15, 0.2) is 0 Å². The fourth-order valence-corrected chi connectivity index (χ4v) is 1.59. The topological polar surface area (TPSA) is 29.3 Å². The van der Waals surface area contributed by atoms with Crippen molar-refractivity contribution in [2.75, 3.05) is 20.1 Å². The Bertz CT molecular complexity index is 76.8. The third-order valence-electron chi connectivity index (χ3n) is 1.54. The first-order valence-electron chi connectivity index (χ1n) is 2.87. The van der Waals surface area contributed by atoms with Crippen molar-refractivity contribution in [1.82, 2.24) is 4.90 Å². The van der Waals surface area contributed by atoms with Crippen molar-refractivity contribution >= 4 is 11.9 Å². The highest BCUT2D eigenvalue weighted by molar-refractivity contribution is 7.97. The molecule has 2 N–H and O–H groups in total. The van der Waals surface area contributed by atoms with E-state index in [9.17, 15) is 0 Å². The van der Waals surface area contributed by atoms with E-state index in [1.54, 1.807) is 0 Å². The van der Waals surface area contributed by atoms with E-state index in [-0.39, 0.29) is 0 Å². The van der Waals surface area contributed by atoms with Crippen molar-refractivity contribution in [3.8, 4) is 0 Å². The summed E-state index contributed by atoms with van der Waals surface area (Å²) in [5, 5.41) is 6.08. The van der Waals surface area contributed by atoms with Gasteiger partial charge in [-0.05, 0) is 20.0 Å². The predicted molar refractivity (Wildman–Crippen MR) is 37.7 cm³/mol. The zero-order valence-electron chi connectivity index (χ0n) is 5.13. The Kier molecular flexibility index (Phi) is 2.16. The minimum Gasteiger partial charge on any atom is -0.305 e. The molecule has 1 unspecified atom stereocenters. The van der Waals surface area contributed by atoms with Gasteiger partial charge in [-0.1, -0.05) is 11.9 Å². The maximum atomic E-state index is 5.39. The van der Waals surface area contributed by atoms with Gasteiger partial charge in [-0.2, -0.15) is 0 Å². The third kappa shape index (κ3) is 1.37. The molecule has 8 heavy (non-hydrogen) atoms. The summed E-state index contributed by atoms with van der Waals surface area (Å²) in [6, 6.07) is 0. The summed E-state index contributed by atoms with van der Waals surface area (Å²) in [5.74, 6) is 0. The Hall–Kier alpha value is 0.270. The van der Waals surface area contributed by atoms with Crippen molar-refractivity contribution in [1.29, 1.82) is 0 Å². The SMILES string of the molecule is CN1CCC(SN)C1. The van der Waals surface area contributed by atoms with Crippen LogP contribution in [0.25, 0.3) is 0 Å². The highest BCUT2D eigenvalue weighted by atomic mass is 32.2. The molecule has 1 aliphatic heterocycles. The number of likely N-dealkylation sites (tertiary alicyclic amines) is 1. The highest BCUT2D eigenvalue weighted by Crippen LogP contribution is 2.15. The molecule has 0 saturated carbocycles. The molecule has 0 spiro atoms. The van der Waals surface area contributed by atoms with Crippen LogP contribution in [0.4, 0.5) is 0 Å². The lowest BCUT2D eigenvalue weighted by Crippen LogP contribution is -2.15. The van der Waals surface area contributed by atoms with E-state index in [1.165, 1.54) is 31.5 Å². The predicted octanol–water partition coefficient (Wildman–Crippen LogP) is 0.297. The van der Waals surface area contributed by atoms with Crippen LogP contribution in [0.1, 0.15) is 6.42 Å². The lowest BCUT2D eigenvalue weighted by Gasteiger charge is -2.05. The lowest BCUT2D eigenvalue weighted by atomic mass is 10.4. The second kappa shape index (κ2) is 2.71. The molecular weight excluding hydrogens is 120 g/mol. The molecule has 1 saturated heterocycles.